The number of rotatable bonds is 5. The molecule has 0 radical (unpaired) electrons. The van der Waals surface area contributed by atoms with Crippen LogP contribution < -0.4 is 15.5 Å². The monoisotopic (exact) mass is 750 g/mol. The number of benzene rings is 6. The second-order valence-electron chi connectivity index (χ2n) is 14.3. The van der Waals surface area contributed by atoms with E-state index < -0.39 is 46.9 Å². The van der Waals surface area contributed by atoms with Crippen LogP contribution in [0.2, 0.25) is 0 Å². The number of hydrogen-bond acceptors (Lipinski definition) is 10. The highest BCUT2D eigenvalue weighted by Gasteiger charge is 2.46. The number of fused-ring (bicyclic) bond motifs is 7. The summed E-state index contributed by atoms with van der Waals surface area (Å²) in [6.45, 7) is 0. The van der Waals surface area contributed by atoms with Crippen molar-refractivity contribution in [3.63, 3.8) is 0 Å². The van der Waals surface area contributed by atoms with Crippen molar-refractivity contribution in [2.24, 2.45) is 4.99 Å². The first-order valence-electron chi connectivity index (χ1n) is 18.5. The van der Waals surface area contributed by atoms with Gasteiger partial charge in [-0.1, -0.05) is 115 Å². The van der Waals surface area contributed by atoms with E-state index in [-0.39, 0.29) is 11.9 Å². The first-order valence-corrected chi connectivity index (χ1v) is 18.5. The molecule has 4 atom stereocenters. The largest absolute Gasteiger partial charge is 0.503 e. The Morgan fingerprint density at radius 1 is 0.667 bits per heavy atom. The number of nitriles is 1. The van der Waals surface area contributed by atoms with E-state index in [0.717, 1.165) is 50.2 Å². The molecule has 278 valence electrons. The highest BCUT2D eigenvalue weighted by molar-refractivity contribution is 6.00. The Hall–Kier alpha value is -7.68. The maximum Gasteiger partial charge on any atom is 0.208 e. The van der Waals surface area contributed by atoms with Crippen LogP contribution in [0.3, 0.4) is 0 Å². The normalized spacial score (nSPS) is 19.3. The van der Waals surface area contributed by atoms with Crippen LogP contribution in [0.4, 0.5) is 11.4 Å². The lowest BCUT2D eigenvalue weighted by atomic mass is 9.84. The number of amidine groups is 1. The Bertz CT molecular complexity index is 2830. The van der Waals surface area contributed by atoms with E-state index in [1.54, 1.807) is 4.90 Å². The number of aliphatic imine (C=N–C) groups is 1. The summed E-state index contributed by atoms with van der Waals surface area (Å²) in [5.74, 6) is -4.16. The Labute approximate surface area is 326 Å². The smallest absolute Gasteiger partial charge is 0.208 e. The zero-order valence-corrected chi connectivity index (χ0v) is 30.1. The van der Waals surface area contributed by atoms with E-state index in [1.807, 2.05) is 127 Å². The lowest BCUT2D eigenvalue weighted by Crippen LogP contribution is -2.44. The van der Waals surface area contributed by atoms with Crippen LogP contribution in [0, 0.1) is 11.3 Å². The number of phenolic OH excluding ortho intramolecular Hbond substituents is 5. The van der Waals surface area contributed by atoms with Crippen LogP contribution >= 0.6 is 0 Å². The maximum atomic E-state index is 11.2. The molecule has 6 aromatic carbocycles. The highest BCUT2D eigenvalue weighted by atomic mass is 16.4. The molecule has 57 heavy (non-hydrogen) atoms. The molecule has 11 heteroatoms. The number of nitrogens with zero attached hydrogens (tertiary/aromatic N) is 4. The van der Waals surface area contributed by atoms with Gasteiger partial charge in [-0.05, 0) is 41.0 Å². The minimum Gasteiger partial charge on any atom is -0.503 e. The molecular weight excluding hydrogens is 717 g/mol. The van der Waals surface area contributed by atoms with Gasteiger partial charge in [-0.25, -0.2) is 4.99 Å². The fraction of sp³-hybridized carbons (Fsp3) is 0.0870. The molecule has 1 aliphatic carbocycles. The molecule has 0 fully saturated rings. The van der Waals surface area contributed by atoms with Crippen LogP contribution in [0.15, 0.2) is 138 Å². The Morgan fingerprint density at radius 2 is 1.33 bits per heavy atom. The fourth-order valence-electron chi connectivity index (χ4n) is 8.66. The molecule has 4 unspecified atom stereocenters. The predicted molar refractivity (Wildman–Crippen MR) is 217 cm³/mol. The van der Waals surface area contributed by atoms with Gasteiger partial charge in [0.1, 0.15) is 29.9 Å². The van der Waals surface area contributed by atoms with Crippen LogP contribution in [0.5, 0.6) is 28.7 Å². The van der Waals surface area contributed by atoms with E-state index in [1.165, 1.54) is 0 Å². The summed E-state index contributed by atoms with van der Waals surface area (Å²) in [6, 6.07) is 43.3. The van der Waals surface area contributed by atoms with Crippen molar-refractivity contribution >= 4 is 34.2 Å². The van der Waals surface area contributed by atoms with Crippen molar-refractivity contribution in [1.82, 2.24) is 15.2 Å². The summed E-state index contributed by atoms with van der Waals surface area (Å²) in [5.41, 5.74) is 7.82. The summed E-state index contributed by atoms with van der Waals surface area (Å²) in [5, 5.41) is 72.8. The summed E-state index contributed by atoms with van der Waals surface area (Å²) >= 11 is 0. The van der Waals surface area contributed by atoms with Crippen LogP contribution in [0.1, 0.15) is 57.3 Å². The summed E-state index contributed by atoms with van der Waals surface area (Å²) < 4.78 is 2.11. The van der Waals surface area contributed by atoms with Crippen LogP contribution in [-0.4, -0.2) is 42.0 Å². The average Bonchev–Trinajstić information content (AvgIpc) is 3.78. The van der Waals surface area contributed by atoms with Crippen molar-refractivity contribution < 1.29 is 25.5 Å². The van der Waals surface area contributed by atoms with Crippen molar-refractivity contribution in [2.45, 2.75) is 24.3 Å². The molecule has 0 bridgehead atoms. The van der Waals surface area contributed by atoms with Gasteiger partial charge in [0.25, 0.3) is 0 Å². The van der Waals surface area contributed by atoms with Crippen molar-refractivity contribution in [2.75, 3.05) is 4.90 Å². The van der Waals surface area contributed by atoms with E-state index in [2.05, 4.69) is 33.4 Å². The lowest BCUT2D eigenvalue weighted by Gasteiger charge is -2.33. The minimum absolute atomic E-state index is 0.250. The van der Waals surface area contributed by atoms with Gasteiger partial charge in [-0.2, -0.15) is 5.26 Å². The third-order valence-corrected chi connectivity index (χ3v) is 11.2. The van der Waals surface area contributed by atoms with Gasteiger partial charge in [-0.15, -0.1) is 0 Å². The molecule has 0 spiro atoms. The molecule has 3 aliphatic rings. The third kappa shape index (κ3) is 5.12. The SMILES string of the molecule is N#Cc1cc(C2N=C(c3ccccc3)NC(c3ccccc3)N2)ccc1-n1c2c(c3ccccc31)C=CC1C2c2ccccc2N1c1c(O)c(O)c(O)c(O)c1O. The molecule has 7 aromatic rings. The van der Waals surface area contributed by atoms with Crippen molar-refractivity contribution in [1.29, 1.82) is 5.26 Å². The highest BCUT2D eigenvalue weighted by Crippen LogP contribution is 2.61. The van der Waals surface area contributed by atoms with Crippen molar-refractivity contribution in [3.05, 3.63) is 173 Å². The Morgan fingerprint density at radius 3 is 2.09 bits per heavy atom. The predicted octanol–water partition coefficient (Wildman–Crippen LogP) is 8.05. The molecule has 0 amide bonds. The average molecular weight is 751 g/mol. The molecule has 11 nitrogen and oxygen atoms in total. The number of aromatic hydroxyl groups is 5. The van der Waals surface area contributed by atoms with Crippen LogP contribution in [-0.2, 0) is 0 Å². The van der Waals surface area contributed by atoms with E-state index in [4.69, 9.17) is 4.99 Å². The topological polar surface area (TPSA) is 170 Å². The number of para-hydroxylation sites is 2. The second kappa shape index (κ2) is 13.0. The second-order valence-corrected chi connectivity index (χ2v) is 14.3. The fourth-order valence-corrected chi connectivity index (χ4v) is 8.66. The number of hydrogen-bond donors (Lipinski definition) is 7. The minimum atomic E-state index is -1.02. The number of anilines is 2. The quantitative estimate of drug-likeness (QED) is 0.0680. The van der Waals surface area contributed by atoms with Gasteiger partial charge in [-0.3, -0.25) is 5.32 Å². The Balaban J connectivity index is 1.13. The molecule has 7 N–H and O–H groups in total. The molecule has 2 aliphatic heterocycles. The first-order chi connectivity index (χ1) is 27.8. The number of phenols is 5. The van der Waals surface area contributed by atoms with Crippen LogP contribution in [0.25, 0.3) is 22.7 Å². The van der Waals surface area contributed by atoms with Crippen molar-refractivity contribution in [3.8, 4) is 40.5 Å². The zero-order chi connectivity index (χ0) is 38.9. The van der Waals surface area contributed by atoms with E-state index in [0.29, 0.717) is 16.9 Å². The maximum absolute atomic E-state index is 11.2. The molecule has 0 saturated heterocycles. The zero-order valence-electron chi connectivity index (χ0n) is 30.1. The van der Waals surface area contributed by atoms with Gasteiger partial charge < -0.3 is 40.3 Å². The molecular formula is C46H34N6O5. The summed E-state index contributed by atoms with van der Waals surface area (Å²) in [6.07, 6.45) is 3.22. The van der Waals surface area contributed by atoms with Gasteiger partial charge in [0.05, 0.1) is 28.7 Å². The van der Waals surface area contributed by atoms with Gasteiger partial charge in [0.15, 0.2) is 11.5 Å². The molecule has 3 heterocycles. The summed E-state index contributed by atoms with van der Waals surface area (Å²) in [4.78, 5) is 6.76. The van der Waals surface area contributed by atoms with E-state index >= 15 is 0 Å². The van der Waals surface area contributed by atoms with Gasteiger partial charge in [0, 0.05) is 27.9 Å². The van der Waals surface area contributed by atoms with Gasteiger partial charge in [0.2, 0.25) is 17.2 Å². The van der Waals surface area contributed by atoms with Gasteiger partial charge >= 0.3 is 0 Å². The van der Waals surface area contributed by atoms with E-state index in [9.17, 15) is 30.8 Å². The summed E-state index contributed by atoms with van der Waals surface area (Å²) in [7, 11) is 0. The lowest BCUT2D eigenvalue weighted by molar-refractivity contribution is 0.329. The third-order valence-electron chi connectivity index (χ3n) is 11.2. The molecule has 1 aromatic heterocycles. The standard InChI is InChI=1S/C46H34N6O5/c47-24-28-23-27(46-49-44(25-11-3-1-4-12-25)48-45(50-46)26-13-5-2-6-14-26)19-21-32(28)51-33-17-9-7-15-29(33)30-20-22-35-36(37(30)51)31-16-8-10-18-34(31)52(35)38-39(53)41(55)43(57)42(56)40(38)54/h1-23,35-36,44,46,49,53-57H,(H,48,50). The molecule has 10 rings (SSSR count). The first kappa shape index (κ1) is 33.9. The number of nitrogens with one attached hydrogen (secondary N) is 2. The number of aromatic nitrogens is 1. The molecule has 0 saturated carbocycles. The Kier molecular flexibility index (Phi) is 7.71.